The lowest BCUT2D eigenvalue weighted by Crippen LogP contribution is -2.50. The van der Waals surface area contributed by atoms with Gasteiger partial charge in [0.25, 0.3) is 5.56 Å². The molecule has 2 fully saturated rings. The average molecular weight is 492 g/mol. The van der Waals surface area contributed by atoms with Gasteiger partial charge in [0.05, 0.1) is 6.04 Å². The summed E-state index contributed by atoms with van der Waals surface area (Å²) >= 11 is 0. The molecule has 0 radical (unpaired) electrons. The van der Waals surface area contributed by atoms with Crippen LogP contribution >= 0.6 is 0 Å². The fraction of sp³-hybridized carbons (Fsp3) is 0.500. The molecule has 0 bridgehead atoms. The second-order valence-electron chi connectivity index (χ2n) is 10.4. The van der Waals surface area contributed by atoms with Crippen LogP contribution in [0.1, 0.15) is 64.1 Å². The molecule has 1 aliphatic carbocycles. The molecule has 3 aromatic rings. The van der Waals surface area contributed by atoms with Crippen molar-refractivity contribution >= 4 is 28.9 Å². The van der Waals surface area contributed by atoms with Crippen LogP contribution in [0.3, 0.4) is 0 Å². The van der Waals surface area contributed by atoms with Gasteiger partial charge in [0, 0.05) is 55.1 Å². The molecular formula is C26H33N7O3. The van der Waals surface area contributed by atoms with Crippen LogP contribution in [-0.4, -0.2) is 55.7 Å². The molecule has 2 N–H and O–H groups in total. The topological polar surface area (TPSA) is 114 Å². The fourth-order valence-corrected chi connectivity index (χ4v) is 5.03. The Bertz CT molecular complexity index is 1310. The van der Waals surface area contributed by atoms with E-state index in [1.807, 2.05) is 37.5 Å². The lowest BCUT2D eigenvalue weighted by atomic mass is 10.0. The number of nitrogens with one attached hydrogen (secondary N) is 2. The molecule has 190 valence electrons. The van der Waals surface area contributed by atoms with Crippen molar-refractivity contribution < 1.29 is 9.53 Å². The van der Waals surface area contributed by atoms with E-state index in [-0.39, 0.29) is 23.7 Å². The van der Waals surface area contributed by atoms with E-state index < -0.39 is 5.60 Å². The lowest BCUT2D eigenvalue weighted by molar-refractivity contribution is 0.0118. The highest BCUT2D eigenvalue weighted by Gasteiger charge is 2.33. The van der Waals surface area contributed by atoms with Gasteiger partial charge in [-0.3, -0.25) is 14.3 Å². The first-order chi connectivity index (χ1) is 17.3. The largest absolute Gasteiger partial charge is 0.444 e. The Morgan fingerprint density at radius 2 is 1.97 bits per heavy atom. The number of amides is 1. The van der Waals surface area contributed by atoms with Crippen LogP contribution in [0.2, 0.25) is 0 Å². The minimum atomic E-state index is -0.587. The zero-order valence-corrected chi connectivity index (χ0v) is 21.0. The smallest absolute Gasteiger partial charge is 0.410 e. The lowest BCUT2D eigenvalue weighted by Gasteiger charge is -2.37. The maximum absolute atomic E-state index is 13.0. The molecule has 10 nitrogen and oxygen atoms in total. The Kier molecular flexibility index (Phi) is 6.61. The van der Waals surface area contributed by atoms with Gasteiger partial charge in [0.15, 0.2) is 0 Å². The van der Waals surface area contributed by atoms with Crippen LogP contribution < -0.4 is 16.2 Å². The number of carbonyl (C=O) groups is 1. The van der Waals surface area contributed by atoms with Crippen molar-refractivity contribution in [3.8, 4) is 0 Å². The van der Waals surface area contributed by atoms with E-state index in [9.17, 15) is 9.59 Å². The molecule has 0 aromatic carbocycles. The van der Waals surface area contributed by atoms with Crippen LogP contribution in [0, 0.1) is 0 Å². The van der Waals surface area contributed by atoms with Crippen LogP contribution in [0.4, 0.5) is 16.6 Å². The SMILES string of the molecule is CC(C)(C)OC(=O)N1CCNCC1c1cccnc1Nc1ncc2ccc(=O)n(C3CCCC3)c2n1. The van der Waals surface area contributed by atoms with Crippen molar-refractivity contribution in [2.75, 3.05) is 25.0 Å². The summed E-state index contributed by atoms with van der Waals surface area (Å²) in [6.07, 6.45) is 7.25. The summed E-state index contributed by atoms with van der Waals surface area (Å²) in [4.78, 5) is 41.3. The highest BCUT2D eigenvalue weighted by atomic mass is 16.6. The van der Waals surface area contributed by atoms with Crippen molar-refractivity contribution in [3.05, 3.63) is 52.6 Å². The molecule has 1 aliphatic heterocycles. The number of pyridine rings is 2. The molecular weight excluding hydrogens is 458 g/mol. The zero-order chi connectivity index (χ0) is 25.3. The number of ether oxygens (including phenoxy) is 1. The Balaban J connectivity index is 1.48. The summed E-state index contributed by atoms with van der Waals surface area (Å²) in [5.41, 5.74) is 0.828. The summed E-state index contributed by atoms with van der Waals surface area (Å²) in [5.74, 6) is 0.914. The number of carbonyl (C=O) groups excluding carboxylic acids is 1. The summed E-state index contributed by atoms with van der Waals surface area (Å²) in [5, 5.41) is 7.44. The number of fused-ring (bicyclic) bond motifs is 1. The second kappa shape index (κ2) is 9.85. The van der Waals surface area contributed by atoms with E-state index in [1.165, 1.54) is 0 Å². The zero-order valence-electron chi connectivity index (χ0n) is 21.0. The van der Waals surface area contributed by atoms with Crippen molar-refractivity contribution in [2.45, 2.75) is 64.1 Å². The molecule has 36 heavy (non-hydrogen) atoms. The van der Waals surface area contributed by atoms with Gasteiger partial charge >= 0.3 is 6.09 Å². The molecule has 1 unspecified atom stereocenters. The number of rotatable bonds is 4. The summed E-state index contributed by atoms with van der Waals surface area (Å²) in [6, 6.07) is 7.04. The predicted octanol–water partition coefficient (Wildman–Crippen LogP) is 3.93. The number of nitrogens with zero attached hydrogens (tertiary/aromatic N) is 5. The normalized spacial score (nSPS) is 19.0. The van der Waals surface area contributed by atoms with E-state index in [4.69, 9.17) is 9.72 Å². The van der Waals surface area contributed by atoms with E-state index in [1.54, 1.807) is 29.4 Å². The number of aromatic nitrogens is 4. The van der Waals surface area contributed by atoms with E-state index >= 15 is 0 Å². The molecule has 1 amide bonds. The summed E-state index contributed by atoms with van der Waals surface area (Å²) < 4.78 is 7.48. The molecule has 1 saturated heterocycles. The highest BCUT2D eigenvalue weighted by molar-refractivity contribution is 5.76. The van der Waals surface area contributed by atoms with Crippen molar-refractivity contribution in [1.29, 1.82) is 0 Å². The second-order valence-corrected chi connectivity index (χ2v) is 10.4. The third-order valence-corrected chi connectivity index (χ3v) is 6.66. The van der Waals surface area contributed by atoms with Crippen molar-refractivity contribution in [3.63, 3.8) is 0 Å². The molecule has 2 aliphatic rings. The van der Waals surface area contributed by atoms with E-state index in [2.05, 4.69) is 20.6 Å². The first-order valence-corrected chi connectivity index (χ1v) is 12.6. The third-order valence-electron chi connectivity index (χ3n) is 6.66. The Hall–Kier alpha value is -3.53. The Morgan fingerprint density at radius 3 is 2.75 bits per heavy atom. The van der Waals surface area contributed by atoms with Crippen molar-refractivity contribution in [2.24, 2.45) is 0 Å². The number of hydrogen-bond donors (Lipinski definition) is 2. The highest BCUT2D eigenvalue weighted by Crippen LogP contribution is 2.32. The van der Waals surface area contributed by atoms with Gasteiger partial charge in [-0.15, -0.1) is 0 Å². The maximum atomic E-state index is 13.0. The summed E-state index contributed by atoms with van der Waals surface area (Å²) in [7, 11) is 0. The molecule has 5 rings (SSSR count). The number of hydrogen-bond acceptors (Lipinski definition) is 8. The van der Waals surface area contributed by atoms with Gasteiger partial charge in [-0.05, 0) is 45.7 Å². The maximum Gasteiger partial charge on any atom is 0.410 e. The van der Waals surface area contributed by atoms with E-state index in [0.717, 1.165) is 36.6 Å². The molecule has 4 heterocycles. The van der Waals surface area contributed by atoms with E-state index in [0.29, 0.717) is 37.0 Å². The van der Waals surface area contributed by atoms with Gasteiger partial charge < -0.3 is 15.4 Å². The minimum absolute atomic E-state index is 0.0427. The standard InChI is InChI=1S/C26H33N7O3/c1-26(2,3)36-25(35)32-14-13-27-16-20(32)19-9-6-12-28-22(19)30-24-29-15-17-10-11-21(34)33(23(17)31-24)18-7-4-5-8-18/h6,9-12,15,18,20,27H,4-5,7-8,13-14,16H2,1-3H3,(H,28,29,30,31). The van der Waals surface area contributed by atoms with Gasteiger partial charge in [0.2, 0.25) is 5.95 Å². The van der Waals surface area contributed by atoms with Gasteiger partial charge in [-0.2, -0.15) is 4.98 Å². The van der Waals surface area contributed by atoms with Gasteiger partial charge in [-0.25, -0.2) is 14.8 Å². The molecule has 10 heteroatoms. The monoisotopic (exact) mass is 491 g/mol. The van der Waals surface area contributed by atoms with Crippen LogP contribution in [0.15, 0.2) is 41.5 Å². The number of piperazine rings is 1. The molecule has 1 saturated carbocycles. The fourth-order valence-electron chi connectivity index (χ4n) is 5.03. The van der Waals surface area contributed by atoms with Gasteiger partial charge in [0.1, 0.15) is 17.1 Å². The van der Waals surface area contributed by atoms with Crippen LogP contribution in [0.25, 0.3) is 11.0 Å². The quantitative estimate of drug-likeness (QED) is 0.564. The molecule has 1 atom stereocenters. The first-order valence-electron chi connectivity index (χ1n) is 12.6. The van der Waals surface area contributed by atoms with Gasteiger partial charge in [-0.1, -0.05) is 18.9 Å². The van der Waals surface area contributed by atoms with Crippen molar-refractivity contribution in [1.82, 2.24) is 29.7 Å². The predicted molar refractivity (Wildman–Crippen MR) is 137 cm³/mol. The molecule has 0 spiro atoms. The number of anilines is 2. The average Bonchev–Trinajstić information content (AvgIpc) is 3.38. The Morgan fingerprint density at radius 1 is 1.17 bits per heavy atom. The van der Waals surface area contributed by atoms with Crippen LogP contribution in [-0.2, 0) is 4.74 Å². The summed E-state index contributed by atoms with van der Waals surface area (Å²) in [6.45, 7) is 7.36. The molecule has 3 aromatic heterocycles. The Labute approximate surface area is 210 Å². The first kappa shape index (κ1) is 24.2. The van der Waals surface area contributed by atoms with Crippen LogP contribution in [0.5, 0.6) is 0 Å². The third kappa shape index (κ3) is 5.04. The minimum Gasteiger partial charge on any atom is -0.444 e.